The van der Waals surface area contributed by atoms with E-state index in [1.807, 2.05) is 0 Å². The molecule has 0 spiro atoms. The molecule has 0 fully saturated rings. The Balaban J connectivity index is 3.28. The van der Waals surface area contributed by atoms with Gasteiger partial charge in [-0.1, -0.05) is 0 Å². The Morgan fingerprint density at radius 3 is 2.71 bits per heavy atom. The highest BCUT2D eigenvalue weighted by atomic mass is 19.3. The Kier molecular flexibility index (Phi) is 4.33. The van der Waals surface area contributed by atoms with Crippen molar-refractivity contribution in [2.45, 2.75) is 19.4 Å². The van der Waals surface area contributed by atoms with Crippen molar-refractivity contribution >= 4 is 11.7 Å². The van der Waals surface area contributed by atoms with Gasteiger partial charge >= 0.3 is 5.97 Å². The first kappa shape index (κ1) is 13.3. The maximum Gasteiger partial charge on any atom is 0.310 e. The molecule has 0 aromatic carbocycles. The van der Waals surface area contributed by atoms with Gasteiger partial charge in [0.15, 0.2) is 0 Å². The Bertz CT molecular complexity index is 424. The molecule has 0 saturated heterocycles. The summed E-state index contributed by atoms with van der Waals surface area (Å²) in [5.74, 6) is -0.646. The molecule has 1 heterocycles. The number of carbonyl (C=O) groups excluding carboxylic acids is 1. The number of hydrogen-bond donors (Lipinski definition) is 2. The minimum atomic E-state index is -2.79. The number of anilines is 1. The van der Waals surface area contributed by atoms with Crippen LogP contribution < -0.4 is 11.5 Å². The highest BCUT2D eigenvalue weighted by molar-refractivity contribution is 5.75. The van der Waals surface area contributed by atoms with Crippen molar-refractivity contribution in [3.8, 4) is 0 Å². The molecule has 0 aliphatic carbocycles. The molecule has 4 N–H and O–H groups in total. The lowest BCUT2D eigenvalue weighted by atomic mass is 10.0. The third-order valence-electron chi connectivity index (χ3n) is 2.30. The third-order valence-corrected chi connectivity index (χ3v) is 2.30. The first-order valence-electron chi connectivity index (χ1n) is 4.82. The smallest absolute Gasteiger partial charge is 0.310 e. The van der Waals surface area contributed by atoms with Gasteiger partial charge in [-0.05, 0) is 5.56 Å². The summed E-state index contributed by atoms with van der Waals surface area (Å²) < 4.78 is 30.2. The van der Waals surface area contributed by atoms with Crippen molar-refractivity contribution in [2.75, 3.05) is 12.8 Å². The number of esters is 1. The summed E-state index contributed by atoms with van der Waals surface area (Å²) >= 11 is 0. The van der Waals surface area contributed by atoms with Crippen molar-refractivity contribution in [3.63, 3.8) is 0 Å². The fraction of sp³-hybridized carbons (Fsp3) is 0.400. The molecule has 0 atom stereocenters. The first-order chi connectivity index (χ1) is 8.01. The van der Waals surface area contributed by atoms with Crippen LogP contribution >= 0.6 is 0 Å². The van der Waals surface area contributed by atoms with Crippen molar-refractivity contribution < 1.29 is 18.3 Å². The van der Waals surface area contributed by atoms with Crippen LogP contribution in [0.2, 0.25) is 0 Å². The van der Waals surface area contributed by atoms with Crippen molar-refractivity contribution in [2.24, 2.45) is 5.73 Å². The van der Waals surface area contributed by atoms with E-state index < -0.39 is 12.4 Å². The summed E-state index contributed by atoms with van der Waals surface area (Å²) in [7, 11) is 1.17. The SMILES string of the molecule is COC(=O)Cc1c(N)cnc(CN)c1C(F)F. The van der Waals surface area contributed by atoms with Crippen molar-refractivity contribution in [1.29, 1.82) is 0 Å². The summed E-state index contributed by atoms with van der Waals surface area (Å²) in [5, 5.41) is 0. The van der Waals surface area contributed by atoms with Gasteiger partial charge in [0, 0.05) is 12.1 Å². The van der Waals surface area contributed by atoms with Crippen LogP contribution in [-0.2, 0) is 22.5 Å². The van der Waals surface area contributed by atoms with Crippen LogP contribution in [0, 0.1) is 0 Å². The topological polar surface area (TPSA) is 91.2 Å². The number of halogens is 2. The van der Waals surface area contributed by atoms with E-state index in [-0.39, 0.29) is 35.5 Å². The molecule has 7 heteroatoms. The molecule has 0 radical (unpaired) electrons. The summed E-state index contributed by atoms with van der Waals surface area (Å²) in [6.45, 7) is -0.145. The van der Waals surface area contributed by atoms with Gasteiger partial charge in [-0.2, -0.15) is 0 Å². The predicted octanol–water partition coefficient (Wildman–Crippen LogP) is 0.776. The average Bonchev–Trinajstić information content (AvgIpc) is 2.30. The third kappa shape index (κ3) is 2.88. The lowest BCUT2D eigenvalue weighted by molar-refractivity contribution is -0.139. The molecule has 0 unspecified atom stereocenters. The van der Waals surface area contributed by atoms with Gasteiger partial charge in [0.2, 0.25) is 0 Å². The zero-order valence-corrected chi connectivity index (χ0v) is 9.24. The predicted molar refractivity (Wildman–Crippen MR) is 57.2 cm³/mol. The molecular formula is C10H13F2N3O2. The second kappa shape index (κ2) is 5.53. The lowest BCUT2D eigenvalue weighted by Crippen LogP contribution is -2.14. The van der Waals surface area contributed by atoms with Gasteiger partial charge < -0.3 is 16.2 Å². The molecule has 1 aromatic rings. The summed E-state index contributed by atoms with van der Waals surface area (Å²) in [6, 6.07) is 0. The lowest BCUT2D eigenvalue weighted by Gasteiger charge is -2.14. The van der Waals surface area contributed by atoms with E-state index in [0.29, 0.717) is 0 Å². The van der Waals surface area contributed by atoms with Gasteiger partial charge in [-0.3, -0.25) is 9.78 Å². The van der Waals surface area contributed by atoms with Crippen LogP contribution in [0.5, 0.6) is 0 Å². The number of alkyl halides is 2. The largest absolute Gasteiger partial charge is 0.469 e. The fourth-order valence-corrected chi connectivity index (χ4v) is 1.46. The molecular weight excluding hydrogens is 232 g/mol. The summed E-state index contributed by atoms with van der Waals surface area (Å²) in [6.07, 6.45) is -1.90. The number of nitrogen functional groups attached to an aromatic ring is 1. The minimum absolute atomic E-state index is 0.0299. The molecule has 0 saturated carbocycles. The maximum atomic E-state index is 12.9. The highest BCUT2D eigenvalue weighted by Crippen LogP contribution is 2.29. The number of nitrogens with zero attached hydrogens (tertiary/aromatic N) is 1. The second-order valence-corrected chi connectivity index (χ2v) is 3.31. The number of nitrogens with two attached hydrogens (primary N) is 2. The number of ether oxygens (including phenoxy) is 1. The fourth-order valence-electron chi connectivity index (χ4n) is 1.46. The Hall–Kier alpha value is -1.76. The summed E-state index contributed by atoms with van der Waals surface area (Å²) in [5.41, 5.74) is 10.6. The van der Waals surface area contributed by atoms with E-state index in [9.17, 15) is 13.6 Å². The average molecular weight is 245 g/mol. The van der Waals surface area contributed by atoms with Gasteiger partial charge in [0.1, 0.15) is 0 Å². The minimum Gasteiger partial charge on any atom is -0.469 e. The zero-order valence-electron chi connectivity index (χ0n) is 9.24. The van der Waals surface area contributed by atoms with Crippen LogP contribution in [0.4, 0.5) is 14.5 Å². The van der Waals surface area contributed by atoms with E-state index in [4.69, 9.17) is 11.5 Å². The van der Waals surface area contributed by atoms with Crippen LogP contribution in [-0.4, -0.2) is 18.1 Å². The Morgan fingerprint density at radius 1 is 1.59 bits per heavy atom. The molecule has 1 aromatic heterocycles. The molecule has 0 bridgehead atoms. The highest BCUT2D eigenvalue weighted by Gasteiger charge is 2.22. The number of carbonyl (C=O) groups is 1. The van der Waals surface area contributed by atoms with Gasteiger partial charge in [0.25, 0.3) is 6.43 Å². The molecule has 0 aliphatic heterocycles. The first-order valence-corrected chi connectivity index (χ1v) is 4.82. The van der Waals surface area contributed by atoms with E-state index >= 15 is 0 Å². The number of methoxy groups -OCH3 is 1. The number of aromatic nitrogens is 1. The van der Waals surface area contributed by atoms with Crippen LogP contribution in [0.1, 0.15) is 23.2 Å². The van der Waals surface area contributed by atoms with Crippen LogP contribution in [0.15, 0.2) is 6.20 Å². The molecule has 1 rings (SSSR count). The maximum absolute atomic E-state index is 12.9. The van der Waals surface area contributed by atoms with Gasteiger partial charge in [-0.15, -0.1) is 0 Å². The summed E-state index contributed by atoms with van der Waals surface area (Å²) in [4.78, 5) is 14.9. The molecule has 0 amide bonds. The second-order valence-electron chi connectivity index (χ2n) is 3.31. The standard InChI is InChI=1S/C10H13F2N3O2/c1-17-8(16)2-5-6(14)4-15-7(3-13)9(5)10(11)12/h4,10H,2-3,13-14H2,1H3. The van der Waals surface area contributed by atoms with E-state index in [1.165, 1.54) is 13.3 Å². The van der Waals surface area contributed by atoms with E-state index in [0.717, 1.165) is 0 Å². The van der Waals surface area contributed by atoms with Crippen LogP contribution in [0.25, 0.3) is 0 Å². The van der Waals surface area contributed by atoms with Crippen molar-refractivity contribution in [1.82, 2.24) is 4.98 Å². The zero-order chi connectivity index (χ0) is 13.0. The van der Waals surface area contributed by atoms with Gasteiger partial charge in [-0.25, -0.2) is 8.78 Å². The molecule has 5 nitrogen and oxygen atoms in total. The van der Waals surface area contributed by atoms with Gasteiger partial charge in [0.05, 0.1) is 31.1 Å². The Labute approximate surface area is 96.8 Å². The number of pyridine rings is 1. The van der Waals surface area contributed by atoms with E-state index in [1.54, 1.807) is 0 Å². The quantitative estimate of drug-likeness (QED) is 0.765. The molecule has 94 valence electrons. The molecule has 0 aliphatic rings. The van der Waals surface area contributed by atoms with Crippen molar-refractivity contribution in [3.05, 3.63) is 23.0 Å². The normalized spacial score (nSPS) is 10.6. The van der Waals surface area contributed by atoms with Crippen LogP contribution in [0.3, 0.4) is 0 Å². The van der Waals surface area contributed by atoms with E-state index in [2.05, 4.69) is 9.72 Å². The monoisotopic (exact) mass is 245 g/mol. The molecule has 17 heavy (non-hydrogen) atoms. The number of rotatable bonds is 4. The number of hydrogen-bond acceptors (Lipinski definition) is 5. The Morgan fingerprint density at radius 2 is 2.24 bits per heavy atom.